The predicted octanol–water partition coefficient (Wildman–Crippen LogP) is 3.67. The number of halogens is 3. The molecule has 3 heterocycles. The van der Waals surface area contributed by atoms with Crippen molar-refractivity contribution in [1.82, 2.24) is 15.3 Å². The normalized spacial score (nSPS) is 15.4. The Labute approximate surface area is 213 Å². The molecule has 2 aromatic rings. The molecular formula is C24H30F3N5O4S. The summed E-state index contributed by atoms with van der Waals surface area (Å²) < 4.78 is 63.4. The molecule has 0 aliphatic carbocycles. The van der Waals surface area contributed by atoms with Gasteiger partial charge in [0.05, 0.1) is 16.1 Å². The van der Waals surface area contributed by atoms with Crippen LogP contribution in [0.4, 0.5) is 24.7 Å². The number of amides is 2. The summed E-state index contributed by atoms with van der Waals surface area (Å²) in [5, 5.41) is 5.43. The number of aromatic nitrogens is 2. The van der Waals surface area contributed by atoms with Gasteiger partial charge < -0.3 is 15.5 Å². The Morgan fingerprint density at radius 1 is 1.11 bits per heavy atom. The first-order valence-corrected chi connectivity index (χ1v) is 13.5. The second-order valence-electron chi connectivity index (χ2n) is 10.1. The maximum atomic E-state index is 13.1. The number of sulfone groups is 1. The molecule has 0 spiro atoms. The topological polar surface area (TPSA) is 121 Å². The minimum atomic E-state index is -4.66. The second kappa shape index (κ2) is 10.6. The van der Waals surface area contributed by atoms with E-state index in [0.29, 0.717) is 38.4 Å². The molecule has 0 atom stereocenters. The van der Waals surface area contributed by atoms with E-state index in [4.69, 9.17) is 0 Å². The summed E-state index contributed by atoms with van der Waals surface area (Å²) in [4.78, 5) is 34.8. The minimum absolute atomic E-state index is 0.0380. The zero-order valence-corrected chi connectivity index (χ0v) is 21.8. The van der Waals surface area contributed by atoms with Crippen LogP contribution in [-0.4, -0.2) is 55.1 Å². The van der Waals surface area contributed by atoms with Crippen LogP contribution in [0.25, 0.3) is 0 Å². The van der Waals surface area contributed by atoms with Gasteiger partial charge >= 0.3 is 6.18 Å². The van der Waals surface area contributed by atoms with E-state index >= 15 is 0 Å². The Bertz CT molecular complexity index is 1270. The summed E-state index contributed by atoms with van der Waals surface area (Å²) in [6, 6.07) is 2.60. The number of carbonyl (C=O) groups is 2. The standard InChI is InChI=1S/C24H30F3N5O4S/c1-23(2,3)31-20(33)11-15-6-9-32(10-7-15)21-18(13-17(14-29-21)37(4,35)36)30-22(34)19-12-16(5-8-28-19)24(25,26)27/h5,8,12-15H,6-7,9-11H2,1-4H3,(H,30,34)(H,31,33). The fourth-order valence-electron chi connectivity index (χ4n) is 3.98. The van der Waals surface area contributed by atoms with Crippen molar-refractivity contribution < 1.29 is 31.2 Å². The van der Waals surface area contributed by atoms with Gasteiger partial charge in [0, 0.05) is 43.7 Å². The number of alkyl halides is 3. The molecule has 1 aliphatic rings. The van der Waals surface area contributed by atoms with Gasteiger partial charge in [0.15, 0.2) is 15.7 Å². The van der Waals surface area contributed by atoms with Crippen molar-refractivity contribution in [2.45, 2.75) is 56.6 Å². The molecule has 0 aromatic carbocycles. The van der Waals surface area contributed by atoms with Crippen molar-refractivity contribution in [2.24, 2.45) is 5.92 Å². The average molecular weight is 542 g/mol. The molecule has 0 unspecified atom stereocenters. The molecule has 37 heavy (non-hydrogen) atoms. The molecule has 0 bridgehead atoms. The number of hydrogen-bond acceptors (Lipinski definition) is 7. The Kier molecular flexibility index (Phi) is 8.15. The van der Waals surface area contributed by atoms with Crippen LogP contribution in [0.5, 0.6) is 0 Å². The highest BCUT2D eigenvalue weighted by molar-refractivity contribution is 7.90. The van der Waals surface area contributed by atoms with Gasteiger partial charge in [-0.3, -0.25) is 14.6 Å². The number of hydrogen-bond donors (Lipinski definition) is 2. The molecule has 2 aromatic heterocycles. The molecule has 2 amide bonds. The molecular weight excluding hydrogens is 511 g/mol. The molecule has 1 aliphatic heterocycles. The lowest BCUT2D eigenvalue weighted by molar-refractivity contribution is -0.137. The monoisotopic (exact) mass is 541 g/mol. The van der Waals surface area contributed by atoms with Gasteiger partial charge in [-0.2, -0.15) is 13.2 Å². The third-order valence-electron chi connectivity index (χ3n) is 5.74. The molecule has 9 nitrogen and oxygen atoms in total. The van der Waals surface area contributed by atoms with Crippen LogP contribution in [0, 0.1) is 5.92 Å². The lowest BCUT2D eigenvalue weighted by Gasteiger charge is -2.34. The summed E-state index contributed by atoms with van der Waals surface area (Å²) >= 11 is 0. The van der Waals surface area contributed by atoms with Crippen molar-refractivity contribution >= 4 is 33.2 Å². The van der Waals surface area contributed by atoms with Crippen LogP contribution in [0.15, 0.2) is 35.5 Å². The Balaban J connectivity index is 1.81. The van der Waals surface area contributed by atoms with Crippen LogP contribution in [0.3, 0.4) is 0 Å². The number of rotatable bonds is 6. The molecule has 1 fully saturated rings. The highest BCUT2D eigenvalue weighted by atomic mass is 32.2. The van der Waals surface area contributed by atoms with Crippen LogP contribution < -0.4 is 15.5 Å². The number of carbonyl (C=O) groups excluding carboxylic acids is 2. The van der Waals surface area contributed by atoms with Gasteiger partial charge in [-0.05, 0) is 57.7 Å². The van der Waals surface area contributed by atoms with Gasteiger partial charge in [-0.25, -0.2) is 13.4 Å². The first kappa shape index (κ1) is 28.4. The van der Waals surface area contributed by atoms with E-state index in [1.54, 1.807) is 0 Å². The van der Waals surface area contributed by atoms with Crippen molar-refractivity contribution in [2.75, 3.05) is 29.6 Å². The molecule has 202 valence electrons. The summed E-state index contributed by atoms with van der Waals surface area (Å²) in [7, 11) is -3.68. The van der Waals surface area contributed by atoms with Crippen LogP contribution in [0.2, 0.25) is 0 Å². The highest BCUT2D eigenvalue weighted by Gasteiger charge is 2.32. The van der Waals surface area contributed by atoms with E-state index in [1.165, 1.54) is 12.3 Å². The summed E-state index contributed by atoms with van der Waals surface area (Å²) in [6.45, 7) is 6.70. The third kappa shape index (κ3) is 7.88. The smallest absolute Gasteiger partial charge is 0.355 e. The summed E-state index contributed by atoms with van der Waals surface area (Å²) in [6.07, 6.45) is 0.0740. The van der Waals surface area contributed by atoms with Crippen molar-refractivity contribution in [3.05, 3.63) is 41.9 Å². The number of piperidine rings is 1. The first-order chi connectivity index (χ1) is 17.0. The largest absolute Gasteiger partial charge is 0.416 e. The molecule has 2 N–H and O–H groups in total. The van der Waals surface area contributed by atoms with Crippen LogP contribution >= 0.6 is 0 Å². The number of pyridine rings is 2. The Hall–Kier alpha value is -3.22. The zero-order valence-electron chi connectivity index (χ0n) is 21.0. The number of anilines is 2. The number of nitrogens with one attached hydrogen (secondary N) is 2. The van der Waals surface area contributed by atoms with E-state index in [0.717, 1.165) is 18.5 Å². The van der Waals surface area contributed by atoms with Gasteiger partial charge in [0.2, 0.25) is 5.91 Å². The molecule has 0 radical (unpaired) electrons. The lowest BCUT2D eigenvalue weighted by Crippen LogP contribution is -2.42. The molecule has 13 heteroatoms. The van der Waals surface area contributed by atoms with Gasteiger partial charge in [0.1, 0.15) is 5.69 Å². The van der Waals surface area contributed by atoms with E-state index < -0.39 is 33.2 Å². The average Bonchev–Trinajstić information content (AvgIpc) is 2.77. The molecule has 0 saturated carbocycles. The van der Waals surface area contributed by atoms with Crippen LogP contribution in [-0.2, 0) is 20.8 Å². The van der Waals surface area contributed by atoms with E-state index in [9.17, 15) is 31.2 Å². The molecule has 1 saturated heterocycles. The quantitative estimate of drug-likeness (QED) is 0.572. The lowest BCUT2D eigenvalue weighted by atomic mass is 9.92. The highest BCUT2D eigenvalue weighted by Crippen LogP contribution is 2.32. The Morgan fingerprint density at radius 3 is 2.32 bits per heavy atom. The fraction of sp³-hybridized carbons (Fsp3) is 0.500. The van der Waals surface area contributed by atoms with Crippen molar-refractivity contribution in [3.63, 3.8) is 0 Å². The van der Waals surface area contributed by atoms with Gasteiger partial charge in [0.25, 0.3) is 5.91 Å². The maximum Gasteiger partial charge on any atom is 0.416 e. The van der Waals surface area contributed by atoms with E-state index in [-0.39, 0.29) is 33.8 Å². The fourth-order valence-corrected chi connectivity index (χ4v) is 4.56. The summed E-state index contributed by atoms with van der Waals surface area (Å²) in [5.41, 5.74) is -1.80. The zero-order chi connectivity index (χ0) is 27.6. The maximum absolute atomic E-state index is 13.1. The van der Waals surface area contributed by atoms with Crippen LogP contribution in [0.1, 0.15) is 56.1 Å². The van der Waals surface area contributed by atoms with E-state index in [1.807, 2.05) is 25.7 Å². The Morgan fingerprint density at radius 2 is 1.76 bits per heavy atom. The number of nitrogens with zero attached hydrogens (tertiary/aromatic N) is 3. The predicted molar refractivity (Wildman–Crippen MR) is 132 cm³/mol. The third-order valence-corrected chi connectivity index (χ3v) is 6.82. The minimum Gasteiger partial charge on any atom is -0.355 e. The van der Waals surface area contributed by atoms with Crippen molar-refractivity contribution in [1.29, 1.82) is 0 Å². The van der Waals surface area contributed by atoms with E-state index in [2.05, 4.69) is 20.6 Å². The second-order valence-corrected chi connectivity index (χ2v) is 12.1. The molecule has 3 rings (SSSR count). The van der Waals surface area contributed by atoms with Crippen molar-refractivity contribution in [3.8, 4) is 0 Å². The van der Waals surface area contributed by atoms with Gasteiger partial charge in [-0.1, -0.05) is 0 Å². The summed E-state index contributed by atoms with van der Waals surface area (Å²) in [5.74, 6) is -0.553. The first-order valence-electron chi connectivity index (χ1n) is 11.6. The SMILES string of the molecule is CC(C)(C)NC(=O)CC1CCN(c2ncc(S(C)(=O)=O)cc2NC(=O)c2cc(C(F)(F)F)ccn2)CC1. The van der Waals surface area contributed by atoms with Gasteiger partial charge in [-0.15, -0.1) is 0 Å².